The van der Waals surface area contributed by atoms with Crippen LogP contribution in [0.2, 0.25) is 0 Å². The molecule has 2 aromatic carbocycles. The molecule has 0 saturated heterocycles. The molecule has 0 aliphatic heterocycles. The third-order valence-electron chi connectivity index (χ3n) is 5.44. The van der Waals surface area contributed by atoms with Gasteiger partial charge in [-0.3, -0.25) is 9.78 Å². The lowest BCUT2D eigenvalue weighted by Crippen LogP contribution is -2.20. The number of methoxy groups -OCH3 is 1. The van der Waals surface area contributed by atoms with E-state index in [0.717, 1.165) is 28.6 Å². The maximum absolute atomic E-state index is 12.4. The van der Waals surface area contributed by atoms with E-state index in [1.165, 1.54) is 11.1 Å². The number of aromatic nitrogens is 4. The molecule has 0 atom stereocenters. The van der Waals surface area contributed by atoms with Crippen molar-refractivity contribution < 1.29 is 4.74 Å². The molecule has 0 spiro atoms. The van der Waals surface area contributed by atoms with Crippen molar-refractivity contribution >= 4 is 16.9 Å². The predicted molar refractivity (Wildman–Crippen MR) is 123 cm³/mol. The largest absolute Gasteiger partial charge is 0.497 e. The van der Waals surface area contributed by atoms with Gasteiger partial charge in [0, 0.05) is 36.1 Å². The van der Waals surface area contributed by atoms with E-state index in [9.17, 15) is 4.79 Å². The van der Waals surface area contributed by atoms with Crippen LogP contribution in [0, 0.1) is 0 Å². The fourth-order valence-corrected chi connectivity index (χ4v) is 3.58. The Hall–Kier alpha value is -3.61. The molecule has 4 rings (SSSR count). The molecule has 0 amide bonds. The van der Waals surface area contributed by atoms with Crippen LogP contribution in [-0.4, -0.2) is 33.8 Å². The zero-order valence-electron chi connectivity index (χ0n) is 18.0. The van der Waals surface area contributed by atoms with Crippen LogP contribution in [0.15, 0.2) is 53.5 Å². The van der Waals surface area contributed by atoms with Crippen LogP contribution in [0.1, 0.15) is 42.1 Å². The number of nitrogens with one attached hydrogen (secondary N) is 3. The quantitative estimate of drug-likeness (QED) is 0.402. The Morgan fingerprint density at radius 1 is 1.10 bits per heavy atom. The monoisotopic (exact) mass is 417 g/mol. The van der Waals surface area contributed by atoms with E-state index in [1.807, 2.05) is 36.5 Å². The Kier molecular flexibility index (Phi) is 6.02. The fraction of sp³-hybridized carbons (Fsp3) is 0.292. The minimum Gasteiger partial charge on any atom is -0.497 e. The molecule has 0 unspecified atom stereocenters. The Morgan fingerprint density at radius 2 is 1.90 bits per heavy atom. The van der Waals surface area contributed by atoms with Crippen molar-refractivity contribution in [2.75, 3.05) is 19.0 Å². The molecule has 0 radical (unpaired) electrons. The zero-order chi connectivity index (χ0) is 21.8. The summed E-state index contributed by atoms with van der Waals surface area (Å²) in [4.78, 5) is 18.5. The van der Waals surface area contributed by atoms with E-state index in [0.29, 0.717) is 30.5 Å². The summed E-state index contributed by atoms with van der Waals surface area (Å²) in [7, 11) is 1.66. The van der Waals surface area contributed by atoms with E-state index in [4.69, 9.17) is 4.74 Å². The SMILES string of the molecule is COc1ccc2c(CCNc3nnc(Cc4ccc(C(C)C)cc4)c(=O)[nH]3)c[nH]c2c1. The van der Waals surface area contributed by atoms with Crippen molar-refractivity contribution in [2.45, 2.75) is 32.6 Å². The molecule has 2 heterocycles. The topological polar surface area (TPSA) is 95.7 Å². The maximum atomic E-state index is 12.4. The zero-order valence-corrected chi connectivity index (χ0v) is 18.0. The lowest BCUT2D eigenvalue weighted by atomic mass is 10.0. The highest BCUT2D eigenvalue weighted by Gasteiger charge is 2.08. The number of hydrogen-bond donors (Lipinski definition) is 3. The molecule has 3 N–H and O–H groups in total. The van der Waals surface area contributed by atoms with Crippen LogP contribution >= 0.6 is 0 Å². The van der Waals surface area contributed by atoms with Gasteiger partial charge < -0.3 is 15.0 Å². The van der Waals surface area contributed by atoms with Gasteiger partial charge in [0.2, 0.25) is 5.95 Å². The highest BCUT2D eigenvalue weighted by molar-refractivity contribution is 5.84. The van der Waals surface area contributed by atoms with Gasteiger partial charge in [0.15, 0.2) is 0 Å². The van der Waals surface area contributed by atoms with E-state index in [-0.39, 0.29) is 5.56 Å². The minimum atomic E-state index is -0.218. The summed E-state index contributed by atoms with van der Waals surface area (Å²) in [5.41, 5.74) is 4.73. The summed E-state index contributed by atoms with van der Waals surface area (Å²) < 4.78 is 5.26. The number of H-pyrrole nitrogens is 2. The van der Waals surface area contributed by atoms with Gasteiger partial charge in [0.05, 0.1) is 7.11 Å². The van der Waals surface area contributed by atoms with Gasteiger partial charge in [0.25, 0.3) is 5.56 Å². The summed E-state index contributed by atoms with van der Waals surface area (Å²) in [6.45, 7) is 4.94. The lowest BCUT2D eigenvalue weighted by molar-refractivity contribution is 0.415. The normalized spacial score (nSPS) is 11.2. The highest BCUT2D eigenvalue weighted by atomic mass is 16.5. The smallest absolute Gasteiger partial charge is 0.274 e. The van der Waals surface area contributed by atoms with Crippen molar-refractivity contribution in [3.05, 3.63) is 81.4 Å². The molecular weight excluding hydrogens is 390 g/mol. The Bertz CT molecular complexity index is 1220. The van der Waals surface area contributed by atoms with Crippen molar-refractivity contribution in [1.82, 2.24) is 20.2 Å². The van der Waals surface area contributed by atoms with Gasteiger partial charge in [-0.25, -0.2) is 0 Å². The molecule has 31 heavy (non-hydrogen) atoms. The summed E-state index contributed by atoms with van der Waals surface area (Å²) >= 11 is 0. The average molecular weight is 418 g/mol. The number of rotatable bonds is 8. The molecule has 7 nitrogen and oxygen atoms in total. The lowest BCUT2D eigenvalue weighted by Gasteiger charge is -2.07. The predicted octanol–water partition coefficient (Wildman–Crippen LogP) is 4.02. The molecule has 2 aromatic heterocycles. The van der Waals surface area contributed by atoms with E-state index in [1.54, 1.807) is 7.11 Å². The van der Waals surface area contributed by atoms with Crippen molar-refractivity contribution in [3.8, 4) is 5.75 Å². The van der Waals surface area contributed by atoms with Crippen molar-refractivity contribution in [1.29, 1.82) is 0 Å². The number of ether oxygens (including phenoxy) is 1. The maximum Gasteiger partial charge on any atom is 0.274 e. The van der Waals surface area contributed by atoms with E-state index >= 15 is 0 Å². The van der Waals surface area contributed by atoms with Gasteiger partial charge in [-0.15, -0.1) is 10.2 Å². The molecule has 4 aromatic rings. The first kappa shape index (κ1) is 20.7. The second kappa shape index (κ2) is 9.04. The van der Waals surface area contributed by atoms with Crippen LogP contribution in [0.25, 0.3) is 10.9 Å². The standard InChI is InChI=1S/C24H27N5O2/c1-15(2)17-6-4-16(5-7-17)12-22-23(30)27-24(29-28-22)25-11-10-18-14-26-21-13-19(31-3)8-9-20(18)21/h4-9,13-15,26H,10-12H2,1-3H3,(H2,25,27,29,30). The van der Waals surface area contributed by atoms with Crippen LogP contribution in [0.4, 0.5) is 5.95 Å². The fourth-order valence-electron chi connectivity index (χ4n) is 3.58. The third kappa shape index (κ3) is 4.77. The van der Waals surface area contributed by atoms with Gasteiger partial charge >= 0.3 is 0 Å². The molecule has 160 valence electrons. The molecule has 0 fully saturated rings. The van der Waals surface area contributed by atoms with Gasteiger partial charge in [-0.05, 0) is 41.2 Å². The van der Waals surface area contributed by atoms with Gasteiger partial charge in [0.1, 0.15) is 11.4 Å². The number of nitrogens with zero attached hydrogens (tertiary/aromatic N) is 2. The Labute approximate surface area is 180 Å². The summed E-state index contributed by atoms with van der Waals surface area (Å²) in [5.74, 6) is 1.68. The number of anilines is 1. The van der Waals surface area contributed by atoms with Gasteiger partial charge in [-0.1, -0.05) is 38.1 Å². The van der Waals surface area contributed by atoms with Crippen molar-refractivity contribution in [3.63, 3.8) is 0 Å². The molecular formula is C24H27N5O2. The van der Waals surface area contributed by atoms with Gasteiger partial charge in [-0.2, -0.15) is 0 Å². The third-order valence-corrected chi connectivity index (χ3v) is 5.44. The van der Waals surface area contributed by atoms with Crippen LogP contribution in [0.5, 0.6) is 5.75 Å². The average Bonchev–Trinajstić information content (AvgIpc) is 3.18. The second-order valence-corrected chi connectivity index (χ2v) is 7.92. The first-order valence-electron chi connectivity index (χ1n) is 10.5. The summed E-state index contributed by atoms with van der Waals surface area (Å²) in [5, 5.41) is 12.6. The van der Waals surface area contributed by atoms with E-state index in [2.05, 4.69) is 51.5 Å². The van der Waals surface area contributed by atoms with E-state index < -0.39 is 0 Å². The molecule has 0 bridgehead atoms. The van der Waals surface area contributed by atoms with Crippen LogP contribution in [0.3, 0.4) is 0 Å². The molecule has 0 saturated carbocycles. The number of fused-ring (bicyclic) bond motifs is 1. The van der Waals surface area contributed by atoms with Crippen LogP contribution in [-0.2, 0) is 12.8 Å². The minimum absolute atomic E-state index is 0.218. The number of aromatic amines is 2. The first-order valence-corrected chi connectivity index (χ1v) is 10.5. The highest BCUT2D eigenvalue weighted by Crippen LogP contribution is 2.23. The van der Waals surface area contributed by atoms with Crippen LogP contribution < -0.4 is 15.6 Å². The van der Waals surface area contributed by atoms with Crippen molar-refractivity contribution in [2.24, 2.45) is 0 Å². The Balaban J connectivity index is 1.37. The Morgan fingerprint density at radius 3 is 2.61 bits per heavy atom. The first-order chi connectivity index (χ1) is 15.0. The summed E-state index contributed by atoms with van der Waals surface area (Å²) in [6.07, 6.45) is 3.23. The molecule has 0 aliphatic rings. The number of benzene rings is 2. The second-order valence-electron chi connectivity index (χ2n) is 7.92. The molecule has 0 aliphatic carbocycles. The molecule has 7 heteroatoms. The number of hydrogen-bond acceptors (Lipinski definition) is 5. The summed E-state index contributed by atoms with van der Waals surface area (Å²) in [6, 6.07) is 14.2.